The van der Waals surface area contributed by atoms with Crippen molar-refractivity contribution in [1.29, 1.82) is 0 Å². The number of hydrogen-bond donors (Lipinski definition) is 1. The summed E-state index contributed by atoms with van der Waals surface area (Å²) in [6.45, 7) is 0. The molecule has 21 heavy (non-hydrogen) atoms. The van der Waals surface area contributed by atoms with Crippen LogP contribution in [0.15, 0.2) is 47.4 Å². The largest absolute Gasteiger partial charge is 0.398 e. The number of sulfone groups is 1. The van der Waals surface area contributed by atoms with E-state index in [0.717, 1.165) is 22.3 Å². The fourth-order valence-electron chi connectivity index (χ4n) is 2.02. The van der Waals surface area contributed by atoms with E-state index in [1.54, 1.807) is 0 Å². The van der Waals surface area contributed by atoms with Crippen LogP contribution < -0.4 is 5.73 Å². The van der Waals surface area contributed by atoms with Crippen LogP contribution in [-0.4, -0.2) is 13.4 Å². The number of para-hydroxylation sites is 1. The zero-order chi connectivity index (χ0) is 15.0. The molecule has 0 saturated heterocycles. The van der Waals surface area contributed by atoms with Crippen molar-refractivity contribution in [3.8, 4) is 0 Å². The second-order valence-electron chi connectivity index (χ2n) is 4.52. The normalized spacial score (nSPS) is 11.9. The first-order valence-corrected chi connectivity index (χ1v) is 8.55. The molecular formula is C14H11FN2O2S2. The van der Waals surface area contributed by atoms with Gasteiger partial charge in [-0.05, 0) is 30.3 Å². The van der Waals surface area contributed by atoms with Crippen molar-refractivity contribution < 1.29 is 12.8 Å². The number of fused-ring (bicyclic) bond motifs is 1. The number of hydrogen-bond acceptors (Lipinski definition) is 5. The van der Waals surface area contributed by atoms with E-state index in [4.69, 9.17) is 5.73 Å². The van der Waals surface area contributed by atoms with Crippen LogP contribution in [0, 0.1) is 5.82 Å². The number of nitrogens with zero attached hydrogens (tertiary/aromatic N) is 1. The molecule has 0 spiro atoms. The summed E-state index contributed by atoms with van der Waals surface area (Å²) in [4.78, 5) is 4.23. The Labute approximate surface area is 125 Å². The van der Waals surface area contributed by atoms with Gasteiger partial charge in [0.25, 0.3) is 0 Å². The van der Waals surface area contributed by atoms with Crippen LogP contribution in [0.2, 0.25) is 0 Å². The molecule has 2 aromatic carbocycles. The van der Waals surface area contributed by atoms with Crippen LogP contribution in [0.25, 0.3) is 10.2 Å². The summed E-state index contributed by atoms with van der Waals surface area (Å²) in [6.07, 6.45) is 0. The Kier molecular flexibility index (Phi) is 3.38. The van der Waals surface area contributed by atoms with E-state index in [-0.39, 0.29) is 16.3 Å². The predicted octanol–water partition coefficient (Wildman–Crippen LogP) is 2.99. The van der Waals surface area contributed by atoms with Crippen molar-refractivity contribution in [2.45, 2.75) is 10.6 Å². The van der Waals surface area contributed by atoms with Crippen molar-refractivity contribution in [1.82, 2.24) is 4.98 Å². The first-order chi connectivity index (χ1) is 9.95. The Balaban J connectivity index is 1.99. The SMILES string of the molecule is Nc1cc(F)ccc1S(=O)(=O)Cc1nc2ccccc2s1. The van der Waals surface area contributed by atoms with Gasteiger partial charge in [-0.2, -0.15) is 0 Å². The zero-order valence-corrected chi connectivity index (χ0v) is 12.4. The molecular weight excluding hydrogens is 311 g/mol. The molecule has 3 aromatic rings. The lowest BCUT2D eigenvalue weighted by Gasteiger charge is -2.05. The molecule has 0 fully saturated rings. The third-order valence-electron chi connectivity index (χ3n) is 2.96. The van der Waals surface area contributed by atoms with E-state index in [1.165, 1.54) is 17.4 Å². The lowest BCUT2D eigenvalue weighted by molar-refractivity contribution is 0.594. The van der Waals surface area contributed by atoms with Gasteiger partial charge in [-0.25, -0.2) is 17.8 Å². The number of anilines is 1. The Bertz CT molecular complexity index is 887. The maximum atomic E-state index is 13.0. The van der Waals surface area contributed by atoms with Crippen molar-refractivity contribution >= 4 is 37.1 Å². The number of benzene rings is 2. The highest BCUT2D eigenvalue weighted by atomic mass is 32.2. The molecule has 0 atom stereocenters. The number of nitrogens with two attached hydrogens (primary N) is 1. The predicted molar refractivity (Wildman–Crippen MR) is 81.3 cm³/mol. The molecule has 0 aliphatic rings. The molecule has 108 valence electrons. The maximum absolute atomic E-state index is 13.0. The zero-order valence-electron chi connectivity index (χ0n) is 10.8. The maximum Gasteiger partial charge on any atom is 0.186 e. The standard InChI is InChI=1S/C14H11FN2O2S2/c15-9-5-6-13(10(16)7-9)21(18,19)8-14-17-11-3-1-2-4-12(11)20-14/h1-7H,8,16H2. The number of thiazole rings is 1. The van der Waals surface area contributed by atoms with Gasteiger partial charge in [0.1, 0.15) is 16.6 Å². The van der Waals surface area contributed by atoms with Crippen LogP contribution in [0.1, 0.15) is 5.01 Å². The van der Waals surface area contributed by atoms with E-state index in [9.17, 15) is 12.8 Å². The van der Waals surface area contributed by atoms with Crippen molar-refractivity contribution in [3.05, 3.63) is 53.3 Å². The molecule has 0 amide bonds. The minimum atomic E-state index is -3.65. The van der Waals surface area contributed by atoms with E-state index < -0.39 is 15.7 Å². The summed E-state index contributed by atoms with van der Waals surface area (Å²) in [7, 11) is -3.65. The van der Waals surface area contributed by atoms with E-state index in [1.807, 2.05) is 24.3 Å². The second kappa shape index (κ2) is 5.09. The van der Waals surface area contributed by atoms with E-state index >= 15 is 0 Å². The van der Waals surface area contributed by atoms with Gasteiger partial charge in [0.2, 0.25) is 0 Å². The van der Waals surface area contributed by atoms with Crippen LogP contribution in [0.4, 0.5) is 10.1 Å². The van der Waals surface area contributed by atoms with Gasteiger partial charge in [0.05, 0.1) is 20.8 Å². The lowest BCUT2D eigenvalue weighted by atomic mass is 10.3. The third-order valence-corrected chi connectivity index (χ3v) is 5.87. The summed E-state index contributed by atoms with van der Waals surface area (Å²) in [6, 6.07) is 10.7. The molecule has 0 unspecified atom stereocenters. The topological polar surface area (TPSA) is 73.1 Å². The van der Waals surface area contributed by atoms with E-state index in [2.05, 4.69) is 4.98 Å². The number of aromatic nitrogens is 1. The second-order valence-corrected chi connectivity index (χ2v) is 7.59. The van der Waals surface area contributed by atoms with E-state index in [0.29, 0.717) is 5.01 Å². The molecule has 7 heteroatoms. The van der Waals surface area contributed by atoms with Gasteiger partial charge in [0.15, 0.2) is 9.84 Å². The molecule has 4 nitrogen and oxygen atoms in total. The first kappa shape index (κ1) is 14.0. The lowest BCUT2D eigenvalue weighted by Crippen LogP contribution is -2.08. The summed E-state index contributed by atoms with van der Waals surface area (Å²) in [5.74, 6) is -0.811. The highest BCUT2D eigenvalue weighted by Gasteiger charge is 2.21. The molecule has 3 rings (SSSR count). The number of halogens is 1. The van der Waals surface area contributed by atoms with Crippen LogP contribution in [-0.2, 0) is 15.6 Å². The van der Waals surface area contributed by atoms with Crippen molar-refractivity contribution in [2.75, 3.05) is 5.73 Å². The Hall–Kier alpha value is -1.99. The Morgan fingerprint density at radius 2 is 1.95 bits per heavy atom. The smallest absolute Gasteiger partial charge is 0.186 e. The monoisotopic (exact) mass is 322 g/mol. The molecule has 2 N–H and O–H groups in total. The number of nitrogen functional groups attached to an aromatic ring is 1. The Morgan fingerprint density at radius 1 is 1.19 bits per heavy atom. The van der Waals surface area contributed by atoms with Gasteiger partial charge in [0, 0.05) is 0 Å². The molecule has 1 aromatic heterocycles. The molecule has 0 bridgehead atoms. The molecule has 1 heterocycles. The Morgan fingerprint density at radius 3 is 2.67 bits per heavy atom. The summed E-state index contributed by atoms with van der Waals surface area (Å²) in [5.41, 5.74) is 6.28. The molecule has 0 saturated carbocycles. The molecule has 0 aliphatic carbocycles. The van der Waals surface area contributed by atoms with Crippen LogP contribution >= 0.6 is 11.3 Å². The van der Waals surface area contributed by atoms with Crippen LogP contribution in [0.5, 0.6) is 0 Å². The summed E-state index contributed by atoms with van der Waals surface area (Å²) >= 11 is 1.32. The van der Waals surface area contributed by atoms with Gasteiger partial charge in [-0.3, -0.25) is 0 Å². The average molecular weight is 322 g/mol. The number of rotatable bonds is 3. The van der Waals surface area contributed by atoms with Crippen LogP contribution in [0.3, 0.4) is 0 Å². The molecule has 0 aliphatic heterocycles. The third kappa shape index (κ3) is 2.74. The van der Waals surface area contributed by atoms with Crippen molar-refractivity contribution in [2.24, 2.45) is 0 Å². The fraction of sp³-hybridized carbons (Fsp3) is 0.0714. The average Bonchev–Trinajstić information content (AvgIpc) is 2.79. The minimum Gasteiger partial charge on any atom is -0.398 e. The summed E-state index contributed by atoms with van der Waals surface area (Å²) < 4.78 is 38.7. The van der Waals surface area contributed by atoms with Crippen molar-refractivity contribution in [3.63, 3.8) is 0 Å². The quantitative estimate of drug-likeness (QED) is 0.594. The highest BCUT2D eigenvalue weighted by molar-refractivity contribution is 7.91. The fourth-order valence-corrected chi connectivity index (χ4v) is 4.73. The summed E-state index contributed by atoms with van der Waals surface area (Å²) in [5, 5.41) is 0.486. The van der Waals surface area contributed by atoms with Gasteiger partial charge in [-0.15, -0.1) is 11.3 Å². The van der Waals surface area contributed by atoms with Gasteiger partial charge in [-0.1, -0.05) is 12.1 Å². The van der Waals surface area contributed by atoms with Gasteiger partial charge < -0.3 is 5.73 Å². The highest BCUT2D eigenvalue weighted by Crippen LogP contribution is 2.27. The minimum absolute atomic E-state index is 0.0665. The molecule has 0 radical (unpaired) electrons. The first-order valence-electron chi connectivity index (χ1n) is 6.08. The van der Waals surface area contributed by atoms with Gasteiger partial charge >= 0.3 is 0 Å².